The molecule has 0 spiro atoms. The van der Waals surface area contributed by atoms with Crippen molar-refractivity contribution in [3.63, 3.8) is 0 Å². The van der Waals surface area contributed by atoms with Gasteiger partial charge in [-0.15, -0.1) is 0 Å². The van der Waals surface area contributed by atoms with E-state index in [9.17, 15) is 0 Å². The van der Waals surface area contributed by atoms with Gasteiger partial charge in [0.05, 0.1) is 6.54 Å². The number of hydrogen-bond acceptors (Lipinski definition) is 3. The van der Waals surface area contributed by atoms with Crippen molar-refractivity contribution in [1.82, 2.24) is 9.80 Å². The highest BCUT2D eigenvalue weighted by molar-refractivity contribution is 5.37. The van der Waals surface area contributed by atoms with Gasteiger partial charge < -0.3 is 5.73 Å². The van der Waals surface area contributed by atoms with Crippen molar-refractivity contribution in [3.8, 4) is 11.8 Å². The van der Waals surface area contributed by atoms with E-state index in [-0.39, 0.29) is 0 Å². The van der Waals surface area contributed by atoms with Gasteiger partial charge >= 0.3 is 0 Å². The van der Waals surface area contributed by atoms with Crippen LogP contribution in [0.2, 0.25) is 0 Å². The molecule has 3 rings (SSSR count). The highest BCUT2D eigenvalue weighted by atomic mass is 15.3. The number of piperazine rings is 1. The van der Waals surface area contributed by atoms with Gasteiger partial charge in [-0.25, -0.2) is 0 Å². The molecule has 0 atom stereocenters. The van der Waals surface area contributed by atoms with Gasteiger partial charge in [0, 0.05) is 44.3 Å². The van der Waals surface area contributed by atoms with Crippen LogP contribution in [0.25, 0.3) is 0 Å². The molecule has 0 bridgehead atoms. The summed E-state index contributed by atoms with van der Waals surface area (Å²) < 4.78 is 0. The van der Waals surface area contributed by atoms with Gasteiger partial charge in [-0.1, -0.05) is 24.0 Å². The Kier molecular flexibility index (Phi) is 4.37. The van der Waals surface area contributed by atoms with Crippen LogP contribution in [0.3, 0.4) is 0 Å². The zero-order chi connectivity index (χ0) is 13.8. The van der Waals surface area contributed by atoms with Crippen LogP contribution in [-0.2, 0) is 6.54 Å². The molecular weight excluding hydrogens is 246 g/mol. The lowest BCUT2D eigenvalue weighted by atomic mass is 10.1. The summed E-state index contributed by atoms with van der Waals surface area (Å²) >= 11 is 0. The highest BCUT2D eigenvalue weighted by Gasteiger charge is 2.30. The molecule has 0 radical (unpaired) electrons. The monoisotopic (exact) mass is 269 g/mol. The largest absolute Gasteiger partial charge is 0.320 e. The molecule has 1 aromatic rings. The van der Waals surface area contributed by atoms with Gasteiger partial charge in [0.25, 0.3) is 0 Å². The smallest absolute Gasteiger partial charge is 0.0555 e. The fourth-order valence-corrected chi connectivity index (χ4v) is 2.89. The number of nitrogens with two attached hydrogens (primary N) is 1. The fourth-order valence-electron chi connectivity index (χ4n) is 2.89. The third kappa shape index (κ3) is 3.61. The maximum atomic E-state index is 5.42. The molecule has 2 aliphatic rings. The standard InChI is InChI=1S/C17H23N3/c18-8-2-5-15-3-1-4-16(13-15)14-19-9-11-20(12-10-19)17-6-7-17/h1,3-4,13,17H,6-12,14,18H2. The van der Waals surface area contributed by atoms with E-state index in [0.29, 0.717) is 6.54 Å². The molecule has 0 aromatic heterocycles. The van der Waals surface area contributed by atoms with Crippen LogP contribution in [0.1, 0.15) is 24.0 Å². The number of benzene rings is 1. The van der Waals surface area contributed by atoms with Crippen molar-refractivity contribution in [3.05, 3.63) is 35.4 Å². The first-order valence-corrected chi connectivity index (χ1v) is 7.59. The number of nitrogens with zero attached hydrogens (tertiary/aromatic N) is 2. The molecule has 1 saturated carbocycles. The molecule has 106 valence electrons. The molecule has 20 heavy (non-hydrogen) atoms. The molecule has 0 amide bonds. The van der Waals surface area contributed by atoms with E-state index in [2.05, 4.69) is 45.9 Å². The van der Waals surface area contributed by atoms with Gasteiger partial charge in [-0.3, -0.25) is 9.80 Å². The van der Waals surface area contributed by atoms with Crippen LogP contribution in [0.15, 0.2) is 24.3 Å². The Balaban J connectivity index is 1.55. The van der Waals surface area contributed by atoms with Crippen LogP contribution in [0, 0.1) is 11.8 Å². The van der Waals surface area contributed by atoms with E-state index in [1.54, 1.807) is 0 Å². The number of hydrogen-bond donors (Lipinski definition) is 1. The van der Waals surface area contributed by atoms with Crippen LogP contribution >= 0.6 is 0 Å². The molecule has 0 unspecified atom stereocenters. The van der Waals surface area contributed by atoms with Crippen molar-refractivity contribution >= 4 is 0 Å². The Bertz CT molecular complexity index is 502. The molecule has 2 N–H and O–H groups in total. The topological polar surface area (TPSA) is 32.5 Å². The lowest BCUT2D eigenvalue weighted by Crippen LogP contribution is -2.46. The zero-order valence-electron chi connectivity index (χ0n) is 12.0. The molecule has 1 aliphatic carbocycles. The minimum Gasteiger partial charge on any atom is -0.320 e. The predicted molar refractivity (Wildman–Crippen MR) is 82.2 cm³/mol. The van der Waals surface area contributed by atoms with E-state index in [1.165, 1.54) is 44.6 Å². The average molecular weight is 269 g/mol. The summed E-state index contributed by atoms with van der Waals surface area (Å²) in [6.07, 6.45) is 2.84. The zero-order valence-corrected chi connectivity index (χ0v) is 12.0. The summed E-state index contributed by atoms with van der Waals surface area (Å²) in [5.74, 6) is 6.03. The molecule has 3 heteroatoms. The third-order valence-electron chi connectivity index (χ3n) is 4.14. The SMILES string of the molecule is NCC#Cc1cccc(CN2CCN(C3CC3)CC2)c1. The first-order valence-electron chi connectivity index (χ1n) is 7.59. The molecule has 1 aromatic carbocycles. The van der Waals surface area contributed by atoms with Gasteiger partial charge in [-0.05, 0) is 30.5 Å². The van der Waals surface area contributed by atoms with Gasteiger partial charge in [0.15, 0.2) is 0 Å². The predicted octanol–water partition coefficient (Wildman–Crippen LogP) is 1.28. The van der Waals surface area contributed by atoms with Crippen molar-refractivity contribution in [2.24, 2.45) is 5.73 Å². The Labute approximate surface area is 121 Å². The summed E-state index contributed by atoms with van der Waals surface area (Å²) in [6.45, 7) is 6.31. The van der Waals surface area contributed by atoms with Crippen LogP contribution in [-0.4, -0.2) is 48.6 Å². The average Bonchev–Trinajstić information content (AvgIpc) is 3.31. The van der Waals surface area contributed by atoms with Crippen LogP contribution < -0.4 is 5.73 Å². The Morgan fingerprint density at radius 2 is 1.95 bits per heavy atom. The highest BCUT2D eigenvalue weighted by Crippen LogP contribution is 2.27. The second-order valence-corrected chi connectivity index (χ2v) is 5.75. The maximum absolute atomic E-state index is 5.42. The number of rotatable bonds is 3. The normalized spacial score (nSPS) is 20.4. The molecule has 2 fully saturated rings. The van der Waals surface area contributed by atoms with E-state index in [4.69, 9.17) is 5.73 Å². The van der Waals surface area contributed by atoms with Crippen LogP contribution in [0.5, 0.6) is 0 Å². The fraction of sp³-hybridized carbons (Fsp3) is 0.529. The second kappa shape index (κ2) is 6.41. The van der Waals surface area contributed by atoms with Crippen molar-refractivity contribution in [2.75, 3.05) is 32.7 Å². The summed E-state index contributed by atoms with van der Waals surface area (Å²) in [6, 6.07) is 9.44. The first-order chi connectivity index (χ1) is 9.85. The lowest BCUT2D eigenvalue weighted by Gasteiger charge is -2.34. The minimum atomic E-state index is 0.424. The van der Waals surface area contributed by atoms with Crippen molar-refractivity contribution in [1.29, 1.82) is 0 Å². The third-order valence-corrected chi connectivity index (χ3v) is 4.14. The van der Waals surface area contributed by atoms with E-state index >= 15 is 0 Å². The Hall–Kier alpha value is -1.34. The van der Waals surface area contributed by atoms with Crippen LogP contribution in [0.4, 0.5) is 0 Å². The minimum absolute atomic E-state index is 0.424. The van der Waals surface area contributed by atoms with Gasteiger partial charge in [-0.2, -0.15) is 0 Å². The van der Waals surface area contributed by atoms with E-state index in [1.807, 2.05) is 0 Å². The summed E-state index contributed by atoms with van der Waals surface area (Å²) in [4.78, 5) is 5.20. The van der Waals surface area contributed by atoms with E-state index in [0.717, 1.165) is 18.2 Å². The molecular formula is C17H23N3. The lowest BCUT2D eigenvalue weighted by molar-refractivity contribution is 0.121. The second-order valence-electron chi connectivity index (χ2n) is 5.75. The van der Waals surface area contributed by atoms with Crippen molar-refractivity contribution in [2.45, 2.75) is 25.4 Å². The molecule has 3 nitrogen and oxygen atoms in total. The molecule has 1 saturated heterocycles. The van der Waals surface area contributed by atoms with Gasteiger partial charge in [0.1, 0.15) is 0 Å². The molecule has 1 aliphatic heterocycles. The van der Waals surface area contributed by atoms with Crippen molar-refractivity contribution < 1.29 is 0 Å². The summed E-state index contributed by atoms with van der Waals surface area (Å²) in [7, 11) is 0. The Morgan fingerprint density at radius 3 is 2.65 bits per heavy atom. The summed E-state index contributed by atoms with van der Waals surface area (Å²) in [5, 5.41) is 0. The quantitative estimate of drug-likeness (QED) is 0.839. The maximum Gasteiger partial charge on any atom is 0.0555 e. The molecule has 1 heterocycles. The van der Waals surface area contributed by atoms with E-state index < -0.39 is 0 Å². The first kappa shape index (κ1) is 13.6. The summed E-state index contributed by atoms with van der Waals surface area (Å²) in [5.41, 5.74) is 7.85. The Morgan fingerprint density at radius 1 is 1.15 bits per heavy atom. The van der Waals surface area contributed by atoms with Gasteiger partial charge in [0.2, 0.25) is 0 Å².